The molecule has 1 unspecified atom stereocenters. The van der Waals surface area contributed by atoms with Crippen LogP contribution in [0.2, 0.25) is 0 Å². The molecule has 148 valence electrons. The molecule has 1 heterocycles. The zero-order valence-electron chi connectivity index (χ0n) is 16.6. The van der Waals surface area contributed by atoms with Gasteiger partial charge in [0.05, 0.1) is 6.54 Å². The van der Waals surface area contributed by atoms with Crippen LogP contribution in [0.15, 0.2) is 21.5 Å². The molecular weight excluding hydrogens is 336 g/mol. The molecule has 1 amide bonds. The summed E-state index contributed by atoms with van der Waals surface area (Å²) in [6, 6.07) is 3.55. The lowest BCUT2D eigenvalue weighted by Crippen LogP contribution is -2.43. The summed E-state index contributed by atoms with van der Waals surface area (Å²) in [5.74, 6) is 1.76. The van der Waals surface area contributed by atoms with Crippen molar-refractivity contribution in [2.24, 2.45) is 4.99 Å². The van der Waals surface area contributed by atoms with Gasteiger partial charge in [-0.3, -0.25) is 0 Å². The van der Waals surface area contributed by atoms with Gasteiger partial charge < -0.3 is 30.2 Å². The van der Waals surface area contributed by atoms with Crippen molar-refractivity contribution in [1.82, 2.24) is 16.0 Å². The fourth-order valence-corrected chi connectivity index (χ4v) is 2.04. The first kappa shape index (κ1) is 21.8. The second-order valence-electron chi connectivity index (χ2n) is 7.23. The van der Waals surface area contributed by atoms with E-state index in [1.165, 1.54) is 0 Å². The number of carbonyl (C=O) groups excluding carboxylic acids is 1. The summed E-state index contributed by atoms with van der Waals surface area (Å²) in [5.41, 5.74) is -1.73. The van der Waals surface area contributed by atoms with Crippen molar-refractivity contribution in [3.05, 3.63) is 23.7 Å². The van der Waals surface area contributed by atoms with E-state index in [0.717, 1.165) is 5.76 Å². The van der Waals surface area contributed by atoms with Crippen LogP contribution in [0.5, 0.6) is 0 Å². The first-order chi connectivity index (χ1) is 12.0. The number of rotatable bonds is 7. The zero-order chi connectivity index (χ0) is 19.8. The van der Waals surface area contributed by atoms with Crippen molar-refractivity contribution in [3.8, 4) is 0 Å². The molecule has 1 aromatic rings. The summed E-state index contributed by atoms with van der Waals surface area (Å²) in [6.07, 6.45) is -0.461. The molecule has 0 saturated heterocycles. The highest BCUT2D eigenvalue weighted by Crippen LogP contribution is 2.22. The molecule has 26 heavy (non-hydrogen) atoms. The maximum absolute atomic E-state index is 11.6. The van der Waals surface area contributed by atoms with Crippen LogP contribution in [0, 0.1) is 6.92 Å². The summed E-state index contributed by atoms with van der Waals surface area (Å²) in [7, 11) is 0. The number of nitrogens with zero attached hydrogens (tertiary/aromatic N) is 1. The quantitative estimate of drug-likeness (QED) is 0.332. The molecule has 8 heteroatoms. The highest BCUT2D eigenvalue weighted by Gasteiger charge is 2.26. The van der Waals surface area contributed by atoms with E-state index in [2.05, 4.69) is 20.9 Å². The van der Waals surface area contributed by atoms with Gasteiger partial charge >= 0.3 is 6.09 Å². The van der Waals surface area contributed by atoms with Crippen LogP contribution >= 0.6 is 0 Å². The third-order valence-electron chi connectivity index (χ3n) is 3.25. The van der Waals surface area contributed by atoms with Crippen molar-refractivity contribution in [2.45, 2.75) is 52.7 Å². The average molecular weight is 368 g/mol. The zero-order valence-corrected chi connectivity index (χ0v) is 16.6. The van der Waals surface area contributed by atoms with Gasteiger partial charge in [-0.25, -0.2) is 9.79 Å². The van der Waals surface area contributed by atoms with Crippen LogP contribution in [0.4, 0.5) is 4.79 Å². The molecule has 0 aliphatic carbocycles. The SMILES string of the molecule is CCNC(=NCC(C)(O)c1ccc(C)o1)NCCNC(=O)OC(C)(C)C. The lowest BCUT2D eigenvalue weighted by molar-refractivity contribution is 0.0428. The van der Waals surface area contributed by atoms with E-state index >= 15 is 0 Å². The molecule has 0 aromatic carbocycles. The van der Waals surface area contributed by atoms with Crippen molar-refractivity contribution in [3.63, 3.8) is 0 Å². The van der Waals surface area contributed by atoms with Crippen LogP contribution in [0.1, 0.15) is 46.1 Å². The Labute approximate surface area is 155 Å². The van der Waals surface area contributed by atoms with Gasteiger partial charge in [-0.2, -0.15) is 0 Å². The van der Waals surface area contributed by atoms with Gasteiger partial charge in [-0.05, 0) is 53.7 Å². The number of amides is 1. The van der Waals surface area contributed by atoms with Crippen LogP contribution in [-0.4, -0.2) is 48.9 Å². The molecule has 4 N–H and O–H groups in total. The van der Waals surface area contributed by atoms with Crippen molar-refractivity contribution in [1.29, 1.82) is 0 Å². The fourth-order valence-electron chi connectivity index (χ4n) is 2.04. The number of hydrogen-bond acceptors (Lipinski definition) is 5. The number of ether oxygens (including phenoxy) is 1. The summed E-state index contributed by atoms with van der Waals surface area (Å²) in [5, 5.41) is 19.4. The molecule has 0 spiro atoms. The Bertz CT molecular complexity index is 603. The lowest BCUT2D eigenvalue weighted by Gasteiger charge is -2.20. The predicted octanol–water partition coefficient (Wildman–Crippen LogP) is 1.88. The van der Waals surface area contributed by atoms with Gasteiger partial charge in [0, 0.05) is 19.6 Å². The number of nitrogens with one attached hydrogen (secondary N) is 3. The number of furan rings is 1. The van der Waals surface area contributed by atoms with E-state index in [4.69, 9.17) is 9.15 Å². The summed E-state index contributed by atoms with van der Waals surface area (Å²) < 4.78 is 10.7. The van der Waals surface area contributed by atoms with E-state index in [9.17, 15) is 9.90 Å². The molecule has 0 aliphatic rings. The first-order valence-corrected chi connectivity index (χ1v) is 8.82. The van der Waals surface area contributed by atoms with Gasteiger partial charge in [0.1, 0.15) is 22.7 Å². The predicted molar refractivity (Wildman–Crippen MR) is 101 cm³/mol. The minimum atomic E-state index is -1.20. The van der Waals surface area contributed by atoms with Crippen LogP contribution in [0.25, 0.3) is 0 Å². The first-order valence-electron chi connectivity index (χ1n) is 8.82. The van der Waals surface area contributed by atoms with E-state index in [1.807, 2.05) is 34.6 Å². The number of aliphatic imine (C=N–C) groups is 1. The van der Waals surface area contributed by atoms with E-state index in [-0.39, 0.29) is 6.54 Å². The second-order valence-corrected chi connectivity index (χ2v) is 7.23. The normalized spacial score (nSPS) is 14.5. The number of alkyl carbamates (subject to hydrolysis) is 1. The molecule has 1 atom stereocenters. The van der Waals surface area contributed by atoms with Crippen molar-refractivity contribution in [2.75, 3.05) is 26.2 Å². The van der Waals surface area contributed by atoms with Crippen LogP contribution in [0.3, 0.4) is 0 Å². The minimum Gasteiger partial charge on any atom is -0.463 e. The second kappa shape index (κ2) is 9.47. The largest absolute Gasteiger partial charge is 0.463 e. The standard InChI is InChI=1S/C18H32N4O4/c1-7-19-15(20-10-11-21-16(23)26-17(3,4)5)22-12-18(6,24)14-9-8-13(2)25-14/h8-9,24H,7,10-12H2,1-6H3,(H,21,23)(H2,19,20,22). The molecule has 0 aliphatic heterocycles. The van der Waals surface area contributed by atoms with Gasteiger partial charge in [-0.1, -0.05) is 0 Å². The topological polar surface area (TPSA) is 108 Å². The Hall–Kier alpha value is -2.22. The Kier molecular flexibility index (Phi) is 7.95. The Morgan fingerprint density at radius 2 is 1.85 bits per heavy atom. The van der Waals surface area contributed by atoms with E-state index in [1.54, 1.807) is 19.1 Å². The summed E-state index contributed by atoms with van der Waals surface area (Å²) >= 11 is 0. The fraction of sp³-hybridized carbons (Fsp3) is 0.667. The van der Waals surface area contributed by atoms with E-state index in [0.29, 0.717) is 31.4 Å². The molecule has 1 rings (SSSR count). The molecule has 1 aromatic heterocycles. The van der Waals surface area contributed by atoms with Gasteiger partial charge in [0.15, 0.2) is 5.96 Å². The molecule has 8 nitrogen and oxygen atoms in total. The van der Waals surface area contributed by atoms with Crippen LogP contribution < -0.4 is 16.0 Å². The highest BCUT2D eigenvalue weighted by molar-refractivity contribution is 5.79. The summed E-state index contributed by atoms with van der Waals surface area (Å²) in [6.45, 7) is 12.5. The smallest absolute Gasteiger partial charge is 0.407 e. The lowest BCUT2D eigenvalue weighted by atomic mass is 10.0. The van der Waals surface area contributed by atoms with Crippen molar-refractivity contribution < 1.29 is 19.1 Å². The maximum Gasteiger partial charge on any atom is 0.407 e. The number of guanidine groups is 1. The van der Waals surface area contributed by atoms with Gasteiger partial charge in [0.25, 0.3) is 0 Å². The van der Waals surface area contributed by atoms with E-state index < -0.39 is 17.3 Å². The monoisotopic (exact) mass is 368 g/mol. The Balaban J connectivity index is 2.49. The average Bonchev–Trinajstić information content (AvgIpc) is 2.94. The van der Waals surface area contributed by atoms with Gasteiger partial charge in [-0.15, -0.1) is 0 Å². The molecule has 0 radical (unpaired) electrons. The number of carbonyl (C=O) groups is 1. The summed E-state index contributed by atoms with van der Waals surface area (Å²) in [4.78, 5) is 16.0. The number of hydrogen-bond donors (Lipinski definition) is 4. The number of aliphatic hydroxyl groups is 1. The highest BCUT2D eigenvalue weighted by atomic mass is 16.6. The van der Waals surface area contributed by atoms with Gasteiger partial charge in [0.2, 0.25) is 0 Å². The molecule has 0 fully saturated rings. The minimum absolute atomic E-state index is 0.134. The Morgan fingerprint density at radius 1 is 1.19 bits per heavy atom. The van der Waals surface area contributed by atoms with Crippen LogP contribution in [-0.2, 0) is 10.3 Å². The Morgan fingerprint density at radius 3 is 2.38 bits per heavy atom. The third kappa shape index (κ3) is 8.24. The molecule has 0 bridgehead atoms. The third-order valence-corrected chi connectivity index (χ3v) is 3.25. The molecule has 0 saturated carbocycles. The number of aryl methyl sites for hydroxylation is 1. The molecular formula is C18H32N4O4. The maximum atomic E-state index is 11.6. The van der Waals surface area contributed by atoms with Crippen molar-refractivity contribution >= 4 is 12.1 Å².